The zero-order valence-electron chi connectivity index (χ0n) is 11.2. The molecule has 1 N–H and O–H groups in total. The number of thiophene rings is 1. The summed E-state index contributed by atoms with van der Waals surface area (Å²) in [5.74, 6) is -0.168. The van der Waals surface area contributed by atoms with E-state index in [1.54, 1.807) is 6.07 Å². The predicted octanol–water partition coefficient (Wildman–Crippen LogP) is 3.52. The maximum Gasteiger partial charge on any atom is 0.281 e. The van der Waals surface area contributed by atoms with Gasteiger partial charge in [-0.25, -0.2) is 5.43 Å². The average molecular weight is 272 g/mol. The van der Waals surface area contributed by atoms with E-state index in [9.17, 15) is 4.79 Å². The van der Waals surface area contributed by atoms with Crippen molar-refractivity contribution in [3.05, 3.63) is 57.3 Å². The van der Waals surface area contributed by atoms with Crippen LogP contribution in [-0.2, 0) is 0 Å². The molecular formula is C15H16N2OS. The molecule has 0 aliphatic rings. The Labute approximate surface area is 117 Å². The summed E-state index contributed by atoms with van der Waals surface area (Å²) in [7, 11) is 0. The van der Waals surface area contributed by atoms with E-state index in [4.69, 9.17) is 0 Å². The number of amides is 1. The molecule has 1 aromatic heterocycles. The van der Waals surface area contributed by atoms with Crippen LogP contribution in [0.3, 0.4) is 0 Å². The number of hydrogen-bond acceptors (Lipinski definition) is 3. The van der Waals surface area contributed by atoms with E-state index < -0.39 is 0 Å². The third-order valence-corrected chi connectivity index (χ3v) is 3.86. The Morgan fingerprint density at radius 2 is 2.00 bits per heavy atom. The standard InChI is InChI=1S/C15H16N2OS/c1-10-6-7-13(9-11(10)2)12(3)16-17-15(18)14-5-4-8-19-14/h4-9H,1-3H3,(H,17,18)/b16-12-. The lowest BCUT2D eigenvalue weighted by atomic mass is 10.0. The highest BCUT2D eigenvalue weighted by molar-refractivity contribution is 7.12. The largest absolute Gasteiger partial charge is 0.281 e. The zero-order valence-corrected chi connectivity index (χ0v) is 12.0. The Morgan fingerprint density at radius 1 is 1.21 bits per heavy atom. The zero-order chi connectivity index (χ0) is 13.8. The topological polar surface area (TPSA) is 41.5 Å². The maximum absolute atomic E-state index is 11.8. The molecule has 2 rings (SSSR count). The van der Waals surface area contributed by atoms with Crippen LogP contribution < -0.4 is 5.43 Å². The molecule has 0 aliphatic heterocycles. The molecule has 1 amide bonds. The van der Waals surface area contributed by atoms with Crippen molar-refractivity contribution in [3.8, 4) is 0 Å². The summed E-state index contributed by atoms with van der Waals surface area (Å²) in [6, 6.07) is 9.77. The van der Waals surface area contributed by atoms with Gasteiger partial charge in [0.1, 0.15) is 0 Å². The van der Waals surface area contributed by atoms with Crippen LogP contribution in [-0.4, -0.2) is 11.6 Å². The summed E-state index contributed by atoms with van der Waals surface area (Å²) >= 11 is 1.40. The smallest absolute Gasteiger partial charge is 0.266 e. The number of nitrogens with one attached hydrogen (secondary N) is 1. The second-order valence-electron chi connectivity index (χ2n) is 4.41. The first-order chi connectivity index (χ1) is 9.08. The van der Waals surface area contributed by atoms with Gasteiger partial charge in [0.25, 0.3) is 5.91 Å². The third-order valence-electron chi connectivity index (χ3n) is 2.99. The lowest BCUT2D eigenvalue weighted by Gasteiger charge is -2.05. The van der Waals surface area contributed by atoms with Gasteiger partial charge in [0.15, 0.2) is 0 Å². The Morgan fingerprint density at radius 3 is 2.63 bits per heavy atom. The fourth-order valence-corrected chi connectivity index (χ4v) is 2.24. The predicted molar refractivity (Wildman–Crippen MR) is 79.9 cm³/mol. The summed E-state index contributed by atoms with van der Waals surface area (Å²) in [6.07, 6.45) is 0. The molecule has 0 fully saturated rings. The van der Waals surface area contributed by atoms with Crippen molar-refractivity contribution in [2.75, 3.05) is 0 Å². The number of benzene rings is 1. The highest BCUT2D eigenvalue weighted by Crippen LogP contribution is 2.11. The molecule has 0 unspecified atom stereocenters. The summed E-state index contributed by atoms with van der Waals surface area (Å²) < 4.78 is 0. The molecule has 0 bridgehead atoms. The number of hydrogen-bond donors (Lipinski definition) is 1. The summed E-state index contributed by atoms with van der Waals surface area (Å²) in [4.78, 5) is 12.4. The molecule has 0 atom stereocenters. The molecule has 0 aliphatic carbocycles. The number of hydrazone groups is 1. The van der Waals surface area contributed by atoms with Crippen molar-refractivity contribution in [3.63, 3.8) is 0 Å². The van der Waals surface area contributed by atoms with Gasteiger partial charge in [-0.2, -0.15) is 5.10 Å². The molecule has 0 spiro atoms. The number of carbonyl (C=O) groups is 1. The van der Waals surface area contributed by atoms with E-state index in [0.717, 1.165) is 11.3 Å². The van der Waals surface area contributed by atoms with Crippen molar-refractivity contribution in [2.45, 2.75) is 20.8 Å². The molecule has 2 aromatic rings. The second kappa shape index (κ2) is 5.80. The van der Waals surface area contributed by atoms with Gasteiger partial charge in [-0.1, -0.05) is 18.2 Å². The molecule has 98 valence electrons. The van der Waals surface area contributed by atoms with E-state index in [0.29, 0.717) is 4.88 Å². The minimum absolute atomic E-state index is 0.168. The number of rotatable bonds is 3. The van der Waals surface area contributed by atoms with Crippen LogP contribution >= 0.6 is 11.3 Å². The van der Waals surface area contributed by atoms with Gasteiger partial charge < -0.3 is 0 Å². The van der Waals surface area contributed by atoms with E-state index in [-0.39, 0.29) is 5.91 Å². The summed E-state index contributed by atoms with van der Waals surface area (Å²) in [6.45, 7) is 6.03. The first-order valence-corrected chi connectivity index (χ1v) is 6.91. The monoisotopic (exact) mass is 272 g/mol. The number of nitrogens with zero attached hydrogens (tertiary/aromatic N) is 1. The van der Waals surface area contributed by atoms with Crippen LogP contribution in [0.2, 0.25) is 0 Å². The van der Waals surface area contributed by atoms with Gasteiger partial charge in [-0.15, -0.1) is 11.3 Å². The number of carbonyl (C=O) groups excluding carboxylic acids is 1. The molecule has 3 nitrogen and oxygen atoms in total. The van der Waals surface area contributed by atoms with E-state index in [1.807, 2.05) is 24.4 Å². The van der Waals surface area contributed by atoms with Crippen LogP contribution in [0.5, 0.6) is 0 Å². The Hall–Kier alpha value is -1.94. The van der Waals surface area contributed by atoms with Crippen molar-refractivity contribution >= 4 is 23.0 Å². The van der Waals surface area contributed by atoms with Crippen LogP contribution in [0.1, 0.15) is 33.3 Å². The highest BCUT2D eigenvalue weighted by Gasteiger charge is 2.05. The van der Waals surface area contributed by atoms with Crippen LogP contribution in [0.25, 0.3) is 0 Å². The molecule has 0 saturated carbocycles. The lowest BCUT2D eigenvalue weighted by Crippen LogP contribution is -2.18. The highest BCUT2D eigenvalue weighted by atomic mass is 32.1. The van der Waals surface area contributed by atoms with Crippen molar-refractivity contribution in [1.29, 1.82) is 0 Å². The van der Waals surface area contributed by atoms with Crippen LogP contribution in [0.15, 0.2) is 40.8 Å². The molecule has 4 heteroatoms. The Bertz CT molecular complexity index is 615. The maximum atomic E-state index is 11.8. The van der Waals surface area contributed by atoms with E-state index in [2.05, 4.69) is 36.5 Å². The summed E-state index contributed by atoms with van der Waals surface area (Å²) in [5.41, 5.74) is 6.87. The Kier molecular flexibility index (Phi) is 4.12. The van der Waals surface area contributed by atoms with Gasteiger partial charge in [0, 0.05) is 0 Å². The number of aryl methyl sites for hydroxylation is 2. The molecule has 0 radical (unpaired) electrons. The lowest BCUT2D eigenvalue weighted by molar-refractivity contribution is 0.0959. The normalized spacial score (nSPS) is 11.4. The van der Waals surface area contributed by atoms with E-state index in [1.165, 1.54) is 22.5 Å². The van der Waals surface area contributed by atoms with Crippen molar-refractivity contribution in [2.24, 2.45) is 5.10 Å². The fourth-order valence-electron chi connectivity index (χ4n) is 1.63. The first kappa shape index (κ1) is 13.5. The molecular weight excluding hydrogens is 256 g/mol. The fraction of sp³-hybridized carbons (Fsp3) is 0.200. The molecule has 19 heavy (non-hydrogen) atoms. The molecule has 0 saturated heterocycles. The van der Waals surface area contributed by atoms with Gasteiger partial charge in [0.2, 0.25) is 0 Å². The average Bonchev–Trinajstić information content (AvgIpc) is 2.92. The van der Waals surface area contributed by atoms with Gasteiger partial charge >= 0.3 is 0 Å². The summed E-state index contributed by atoms with van der Waals surface area (Å²) in [5, 5.41) is 6.01. The Balaban J connectivity index is 2.10. The SMILES string of the molecule is C/C(=N/NC(=O)c1cccs1)c1ccc(C)c(C)c1. The quantitative estimate of drug-likeness (QED) is 0.674. The van der Waals surface area contributed by atoms with Gasteiger partial charge in [0.05, 0.1) is 10.6 Å². The van der Waals surface area contributed by atoms with Gasteiger partial charge in [-0.3, -0.25) is 4.79 Å². The molecule has 1 aromatic carbocycles. The minimum Gasteiger partial charge on any atom is -0.266 e. The van der Waals surface area contributed by atoms with Gasteiger partial charge in [-0.05, 0) is 55.0 Å². The third kappa shape index (κ3) is 3.29. The van der Waals surface area contributed by atoms with Crippen LogP contribution in [0.4, 0.5) is 0 Å². The second-order valence-corrected chi connectivity index (χ2v) is 5.36. The van der Waals surface area contributed by atoms with Crippen molar-refractivity contribution in [1.82, 2.24) is 5.43 Å². The van der Waals surface area contributed by atoms with Crippen molar-refractivity contribution < 1.29 is 4.79 Å². The molecule has 1 heterocycles. The first-order valence-electron chi connectivity index (χ1n) is 6.03. The van der Waals surface area contributed by atoms with Crippen LogP contribution in [0, 0.1) is 13.8 Å². The van der Waals surface area contributed by atoms with E-state index >= 15 is 0 Å². The minimum atomic E-state index is -0.168.